The number of rotatable bonds is 2. The fourth-order valence-corrected chi connectivity index (χ4v) is 4.72. The van der Waals surface area contributed by atoms with E-state index in [1.165, 1.54) is 44.5 Å². The number of benzene rings is 1. The van der Waals surface area contributed by atoms with Gasteiger partial charge in [0.1, 0.15) is 0 Å². The van der Waals surface area contributed by atoms with Crippen molar-refractivity contribution in [2.75, 3.05) is 31.1 Å². The molecule has 0 amide bonds. The summed E-state index contributed by atoms with van der Waals surface area (Å²) in [5.74, 6) is 2.04. The van der Waals surface area contributed by atoms with Gasteiger partial charge in [0.25, 0.3) is 0 Å². The van der Waals surface area contributed by atoms with Gasteiger partial charge >= 0.3 is 0 Å². The summed E-state index contributed by atoms with van der Waals surface area (Å²) in [6.07, 6.45) is 5.93. The lowest BCUT2D eigenvalue weighted by molar-refractivity contribution is 0.135. The number of fused-ring (bicyclic) bond motifs is 2. The summed E-state index contributed by atoms with van der Waals surface area (Å²) in [5.41, 5.74) is 2.01. The molecule has 0 N–H and O–H groups in total. The molecule has 1 aromatic carbocycles. The van der Waals surface area contributed by atoms with Gasteiger partial charge in [-0.15, -0.1) is 0 Å². The summed E-state index contributed by atoms with van der Waals surface area (Å²) in [7, 11) is 0. The highest BCUT2D eigenvalue weighted by molar-refractivity contribution is 5.50. The van der Waals surface area contributed by atoms with E-state index in [0.29, 0.717) is 0 Å². The molecule has 1 heterocycles. The molecule has 2 aliphatic carbocycles. The Labute approximate surface area is 127 Å². The molecule has 3 heteroatoms. The van der Waals surface area contributed by atoms with Crippen molar-refractivity contribution in [1.82, 2.24) is 4.90 Å². The third-order valence-electron chi connectivity index (χ3n) is 5.85. The molecule has 2 saturated carbocycles. The highest BCUT2D eigenvalue weighted by Gasteiger charge is 2.42. The summed E-state index contributed by atoms with van der Waals surface area (Å²) in [6.45, 7) is 4.65. The van der Waals surface area contributed by atoms with E-state index in [1.807, 2.05) is 12.1 Å². The first-order chi connectivity index (χ1) is 10.3. The molecule has 110 valence electrons. The van der Waals surface area contributed by atoms with Gasteiger partial charge in [-0.2, -0.15) is 5.26 Å². The van der Waals surface area contributed by atoms with Crippen molar-refractivity contribution in [3.05, 3.63) is 29.8 Å². The van der Waals surface area contributed by atoms with Crippen LogP contribution in [0.2, 0.25) is 0 Å². The van der Waals surface area contributed by atoms with Crippen LogP contribution in [0.4, 0.5) is 5.69 Å². The molecule has 2 bridgehead atoms. The van der Waals surface area contributed by atoms with Crippen molar-refractivity contribution in [3.63, 3.8) is 0 Å². The second-order valence-electron chi connectivity index (χ2n) is 6.92. The minimum Gasteiger partial charge on any atom is -0.369 e. The van der Waals surface area contributed by atoms with Gasteiger partial charge in [-0.1, -0.05) is 6.42 Å². The van der Waals surface area contributed by atoms with Crippen molar-refractivity contribution in [2.24, 2.45) is 11.8 Å². The average Bonchev–Trinajstić information content (AvgIpc) is 3.18. The Morgan fingerprint density at radius 1 is 0.952 bits per heavy atom. The molecule has 1 saturated heterocycles. The Bertz CT molecular complexity index is 537. The molecule has 3 aliphatic rings. The third kappa shape index (κ3) is 2.42. The molecule has 1 aromatic rings. The van der Waals surface area contributed by atoms with E-state index in [2.05, 4.69) is 28.0 Å². The molecule has 4 rings (SSSR count). The van der Waals surface area contributed by atoms with E-state index in [-0.39, 0.29) is 0 Å². The fourth-order valence-electron chi connectivity index (χ4n) is 4.72. The van der Waals surface area contributed by atoms with Gasteiger partial charge in [0, 0.05) is 37.9 Å². The highest BCUT2D eigenvalue weighted by atomic mass is 15.3. The van der Waals surface area contributed by atoms with Gasteiger partial charge < -0.3 is 4.90 Å². The van der Waals surface area contributed by atoms with Gasteiger partial charge in [-0.3, -0.25) is 4.90 Å². The molecule has 0 radical (unpaired) electrons. The first kappa shape index (κ1) is 13.2. The summed E-state index contributed by atoms with van der Waals surface area (Å²) in [6, 6.07) is 11.1. The van der Waals surface area contributed by atoms with E-state index in [4.69, 9.17) is 5.26 Å². The quantitative estimate of drug-likeness (QED) is 0.835. The maximum Gasteiger partial charge on any atom is 0.0991 e. The highest BCUT2D eigenvalue weighted by Crippen LogP contribution is 2.46. The number of hydrogen-bond acceptors (Lipinski definition) is 3. The van der Waals surface area contributed by atoms with Gasteiger partial charge in [0.2, 0.25) is 0 Å². The molecule has 3 atom stereocenters. The second kappa shape index (κ2) is 5.35. The molecule has 3 fully saturated rings. The number of piperazine rings is 1. The van der Waals surface area contributed by atoms with Gasteiger partial charge in [0.15, 0.2) is 0 Å². The van der Waals surface area contributed by atoms with Crippen LogP contribution in [0.5, 0.6) is 0 Å². The molecule has 0 aromatic heterocycles. The van der Waals surface area contributed by atoms with Gasteiger partial charge in [-0.05, 0) is 55.4 Å². The Balaban J connectivity index is 1.37. The lowest BCUT2D eigenvalue weighted by atomic mass is 9.93. The Morgan fingerprint density at radius 2 is 1.71 bits per heavy atom. The van der Waals surface area contributed by atoms with Crippen LogP contribution in [0, 0.1) is 23.2 Å². The maximum absolute atomic E-state index is 8.88. The number of nitriles is 1. The molecule has 0 spiro atoms. The summed E-state index contributed by atoms with van der Waals surface area (Å²) in [5, 5.41) is 8.88. The first-order valence-corrected chi connectivity index (χ1v) is 8.32. The van der Waals surface area contributed by atoms with Crippen LogP contribution < -0.4 is 4.90 Å². The van der Waals surface area contributed by atoms with E-state index in [1.54, 1.807) is 0 Å². The lowest BCUT2D eigenvalue weighted by Gasteiger charge is -2.41. The number of anilines is 1. The molecular formula is C18H23N3. The van der Waals surface area contributed by atoms with Crippen LogP contribution in [0.25, 0.3) is 0 Å². The van der Waals surface area contributed by atoms with Crippen LogP contribution in [-0.2, 0) is 0 Å². The normalized spacial score (nSPS) is 32.3. The SMILES string of the molecule is N#Cc1ccc(N2CCN(C3CC4CCC3C4)CC2)cc1. The number of nitrogens with zero attached hydrogens (tertiary/aromatic N) is 3. The first-order valence-electron chi connectivity index (χ1n) is 8.32. The zero-order chi connectivity index (χ0) is 14.2. The summed E-state index contributed by atoms with van der Waals surface area (Å²) in [4.78, 5) is 5.22. The Hall–Kier alpha value is -1.53. The van der Waals surface area contributed by atoms with Crippen molar-refractivity contribution in [1.29, 1.82) is 5.26 Å². The van der Waals surface area contributed by atoms with E-state index >= 15 is 0 Å². The van der Waals surface area contributed by atoms with Crippen molar-refractivity contribution >= 4 is 5.69 Å². The summed E-state index contributed by atoms with van der Waals surface area (Å²) >= 11 is 0. The van der Waals surface area contributed by atoms with Crippen LogP contribution in [0.3, 0.4) is 0 Å². The largest absolute Gasteiger partial charge is 0.369 e. The van der Waals surface area contributed by atoms with Crippen LogP contribution >= 0.6 is 0 Å². The predicted molar refractivity (Wildman–Crippen MR) is 84.2 cm³/mol. The second-order valence-corrected chi connectivity index (χ2v) is 6.92. The van der Waals surface area contributed by atoms with Crippen LogP contribution in [-0.4, -0.2) is 37.1 Å². The fraction of sp³-hybridized carbons (Fsp3) is 0.611. The molecule has 21 heavy (non-hydrogen) atoms. The predicted octanol–water partition coefficient (Wildman–Crippen LogP) is 2.87. The molecular weight excluding hydrogens is 258 g/mol. The Kier molecular flexibility index (Phi) is 3.35. The zero-order valence-electron chi connectivity index (χ0n) is 12.5. The maximum atomic E-state index is 8.88. The minimum atomic E-state index is 0.749. The van der Waals surface area contributed by atoms with Crippen molar-refractivity contribution < 1.29 is 0 Å². The molecule has 1 aliphatic heterocycles. The molecule has 3 unspecified atom stereocenters. The topological polar surface area (TPSA) is 30.3 Å². The third-order valence-corrected chi connectivity index (χ3v) is 5.85. The average molecular weight is 281 g/mol. The van der Waals surface area contributed by atoms with E-state index < -0.39 is 0 Å². The Morgan fingerprint density at radius 3 is 2.29 bits per heavy atom. The van der Waals surface area contributed by atoms with Crippen LogP contribution in [0.15, 0.2) is 24.3 Å². The standard InChI is InChI=1S/C18H23N3/c19-13-14-2-5-17(6-3-14)20-7-9-21(10-8-20)18-12-15-1-4-16(18)11-15/h2-3,5-6,15-16,18H,1,4,7-12H2. The van der Waals surface area contributed by atoms with Crippen molar-refractivity contribution in [2.45, 2.75) is 31.7 Å². The van der Waals surface area contributed by atoms with E-state index in [9.17, 15) is 0 Å². The minimum absolute atomic E-state index is 0.749. The van der Waals surface area contributed by atoms with Gasteiger partial charge in [-0.25, -0.2) is 0 Å². The molecule has 3 nitrogen and oxygen atoms in total. The van der Waals surface area contributed by atoms with Crippen molar-refractivity contribution in [3.8, 4) is 6.07 Å². The van der Waals surface area contributed by atoms with Crippen LogP contribution in [0.1, 0.15) is 31.2 Å². The number of hydrogen-bond donors (Lipinski definition) is 0. The van der Waals surface area contributed by atoms with Gasteiger partial charge in [0.05, 0.1) is 11.6 Å². The smallest absolute Gasteiger partial charge is 0.0991 e. The lowest BCUT2D eigenvalue weighted by Crippen LogP contribution is -2.51. The summed E-state index contributed by atoms with van der Waals surface area (Å²) < 4.78 is 0. The monoisotopic (exact) mass is 281 g/mol. The zero-order valence-corrected chi connectivity index (χ0v) is 12.5. The van der Waals surface area contributed by atoms with E-state index in [0.717, 1.165) is 36.5 Å².